The van der Waals surface area contributed by atoms with Gasteiger partial charge in [-0.15, -0.1) is 0 Å². The van der Waals surface area contributed by atoms with Gasteiger partial charge in [0.25, 0.3) is 0 Å². The lowest BCUT2D eigenvalue weighted by Crippen LogP contribution is -2.60. The van der Waals surface area contributed by atoms with Crippen molar-refractivity contribution in [2.24, 2.45) is 5.92 Å². The molecule has 4 aliphatic rings. The minimum Gasteiger partial charge on any atom is -0.459 e. The van der Waals surface area contributed by atoms with Gasteiger partial charge in [0.05, 0.1) is 37.7 Å². The number of piperidine rings is 1. The Labute approximate surface area is 231 Å². The topological polar surface area (TPSA) is 71.1 Å². The van der Waals surface area contributed by atoms with Gasteiger partial charge in [0.2, 0.25) is 11.9 Å². The Bertz CT molecular complexity index is 1090. The third kappa shape index (κ3) is 4.90. The minimum absolute atomic E-state index is 0.150. The first-order valence-electron chi connectivity index (χ1n) is 14.7. The number of nitrogens with zero attached hydrogens (tertiary/aromatic N) is 1. The van der Waals surface area contributed by atoms with Gasteiger partial charge >= 0.3 is 11.9 Å². The average Bonchev–Trinajstić information content (AvgIpc) is 3.70. The summed E-state index contributed by atoms with van der Waals surface area (Å²) in [7, 11) is 0. The van der Waals surface area contributed by atoms with Gasteiger partial charge < -0.3 is 23.4 Å². The Morgan fingerprint density at radius 1 is 0.897 bits per heavy atom. The summed E-state index contributed by atoms with van der Waals surface area (Å²) in [5.41, 5.74) is -0.282. The highest BCUT2D eigenvalue weighted by Crippen LogP contribution is 2.47. The number of carbonyl (C=O) groups excluding carboxylic acids is 2. The maximum Gasteiger partial charge on any atom is 0.348 e. The third-order valence-electron chi connectivity index (χ3n) is 9.57. The Morgan fingerprint density at radius 3 is 2.03 bits per heavy atom. The number of rotatable bonds is 8. The fourth-order valence-electron chi connectivity index (χ4n) is 7.73. The van der Waals surface area contributed by atoms with E-state index in [1.165, 1.54) is 43.3 Å². The van der Waals surface area contributed by atoms with Crippen molar-refractivity contribution < 1.29 is 33.0 Å². The molecule has 7 nitrogen and oxygen atoms in total. The van der Waals surface area contributed by atoms with E-state index >= 15 is 0 Å². The van der Waals surface area contributed by atoms with Gasteiger partial charge in [0.15, 0.2) is 0 Å². The van der Waals surface area contributed by atoms with E-state index in [1.54, 1.807) is 6.92 Å². The second kappa shape index (κ2) is 11.0. The first-order chi connectivity index (χ1) is 19.0. The molecule has 0 amide bonds. The molecule has 208 valence electrons. The summed E-state index contributed by atoms with van der Waals surface area (Å²) in [6.07, 6.45) is 6.34. The molecular weight excluding hydrogens is 494 g/mol. The molecule has 2 unspecified atom stereocenters. The lowest BCUT2D eigenvalue weighted by molar-refractivity contribution is -0.956. The molecule has 2 aromatic carbocycles. The smallest absolute Gasteiger partial charge is 0.348 e. The fraction of sp³-hybridized carbons (Fsp3) is 0.562. The van der Waals surface area contributed by atoms with E-state index < -0.39 is 17.9 Å². The van der Waals surface area contributed by atoms with Crippen LogP contribution in [0.5, 0.6) is 0 Å². The Balaban J connectivity index is 1.29. The summed E-state index contributed by atoms with van der Waals surface area (Å²) in [6, 6.07) is 20.0. The highest BCUT2D eigenvalue weighted by Gasteiger charge is 2.57. The van der Waals surface area contributed by atoms with Gasteiger partial charge in [-0.25, -0.2) is 4.79 Å². The van der Waals surface area contributed by atoms with Crippen molar-refractivity contribution in [3.8, 4) is 0 Å². The molecule has 4 heterocycles. The summed E-state index contributed by atoms with van der Waals surface area (Å²) < 4.78 is 25.3. The largest absolute Gasteiger partial charge is 0.459 e. The normalized spacial score (nSPS) is 28.3. The van der Waals surface area contributed by atoms with Gasteiger partial charge in [0, 0.05) is 45.1 Å². The third-order valence-corrected chi connectivity index (χ3v) is 9.57. The zero-order chi connectivity index (χ0) is 26.9. The lowest BCUT2D eigenvalue weighted by atomic mass is 9.85. The van der Waals surface area contributed by atoms with Crippen molar-refractivity contribution in [1.29, 1.82) is 0 Å². The molecule has 0 saturated carbocycles. The zero-order valence-corrected chi connectivity index (χ0v) is 22.8. The molecule has 4 atom stereocenters. The molecule has 2 bridgehead atoms. The van der Waals surface area contributed by atoms with Crippen molar-refractivity contribution in [3.05, 3.63) is 71.8 Å². The molecule has 0 aromatic heterocycles. The molecule has 4 saturated heterocycles. The number of hydrogen-bond acceptors (Lipinski definition) is 6. The second-order valence-corrected chi connectivity index (χ2v) is 11.7. The molecule has 4 fully saturated rings. The van der Waals surface area contributed by atoms with Crippen LogP contribution in [0.15, 0.2) is 60.7 Å². The maximum atomic E-state index is 14.4. The van der Waals surface area contributed by atoms with Gasteiger partial charge in [-0.3, -0.25) is 4.79 Å². The molecule has 0 N–H and O–H groups in total. The average molecular weight is 535 g/mol. The standard InChI is InChI=1S/C32H40NO6/c1-23(37-30(34)24-16-19-36-22-24)39-32(25-10-4-2-5-11-25,26-12-6-3-7-13-26)31(35)38-29-20-27-14-15-28(21-29)33(27)17-8-9-18-33/h2-7,10-13,23-24,27-29H,8-9,14-22H2,1H3/q+1/t23-,24+,27?,28?,29?/m1/s1. The van der Waals surface area contributed by atoms with Gasteiger partial charge in [-0.2, -0.15) is 0 Å². The fourth-order valence-corrected chi connectivity index (χ4v) is 7.73. The zero-order valence-electron chi connectivity index (χ0n) is 22.8. The van der Waals surface area contributed by atoms with E-state index in [-0.39, 0.29) is 18.0 Å². The van der Waals surface area contributed by atoms with Crippen LogP contribution in [-0.4, -0.2) is 67.2 Å². The van der Waals surface area contributed by atoms with Crippen LogP contribution >= 0.6 is 0 Å². The Hall–Kier alpha value is -2.74. The monoisotopic (exact) mass is 534 g/mol. The molecule has 6 rings (SSSR count). The van der Waals surface area contributed by atoms with E-state index in [0.717, 1.165) is 12.8 Å². The number of esters is 2. The quantitative estimate of drug-likeness (QED) is 0.277. The number of benzene rings is 2. The summed E-state index contributed by atoms with van der Waals surface area (Å²) in [4.78, 5) is 27.2. The summed E-state index contributed by atoms with van der Waals surface area (Å²) in [5.74, 6) is -1.14. The van der Waals surface area contributed by atoms with E-state index in [4.69, 9.17) is 18.9 Å². The van der Waals surface area contributed by atoms with Crippen molar-refractivity contribution in [1.82, 2.24) is 0 Å². The number of quaternary nitrogens is 1. The molecule has 1 spiro atoms. The van der Waals surface area contributed by atoms with Crippen molar-refractivity contribution in [2.75, 3.05) is 26.3 Å². The van der Waals surface area contributed by atoms with Gasteiger partial charge in [-0.05, 0) is 24.5 Å². The lowest BCUT2D eigenvalue weighted by Gasteiger charge is -2.47. The second-order valence-electron chi connectivity index (χ2n) is 11.7. The van der Waals surface area contributed by atoms with Crippen LogP contribution in [0.1, 0.15) is 63.0 Å². The van der Waals surface area contributed by atoms with Crippen LogP contribution in [0, 0.1) is 5.92 Å². The molecule has 7 heteroatoms. The summed E-state index contributed by atoms with van der Waals surface area (Å²) >= 11 is 0. The highest BCUT2D eigenvalue weighted by atomic mass is 16.7. The maximum absolute atomic E-state index is 14.4. The number of ether oxygens (including phenoxy) is 4. The van der Waals surface area contributed by atoms with Crippen LogP contribution in [-0.2, 0) is 34.1 Å². The van der Waals surface area contributed by atoms with Gasteiger partial charge in [-0.1, -0.05) is 60.7 Å². The molecule has 2 aromatic rings. The van der Waals surface area contributed by atoms with E-state index in [1.807, 2.05) is 60.7 Å². The van der Waals surface area contributed by atoms with Crippen molar-refractivity contribution in [3.63, 3.8) is 0 Å². The van der Waals surface area contributed by atoms with E-state index in [2.05, 4.69) is 0 Å². The summed E-state index contributed by atoms with van der Waals surface area (Å²) in [6.45, 7) is 5.10. The van der Waals surface area contributed by atoms with Crippen LogP contribution in [0.3, 0.4) is 0 Å². The van der Waals surface area contributed by atoms with Crippen molar-refractivity contribution >= 4 is 11.9 Å². The van der Waals surface area contributed by atoms with Crippen LogP contribution in [0.4, 0.5) is 0 Å². The molecule has 4 aliphatic heterocycles. The predicted molar refractivity (Wildman–Crippen MR) is 144 cm³/mol. The Kier molecular flexibility index (Phi) is 7.49. The van der Waals surface area contributed by atoms with Crippen LogP contribution < -0.4 is 0 Å². The predicted octanol–water partition coefficient (Wildman–Crippen LogP) is 4.72. The van der Waals surface area contributed by atoms with E-state index in [0.29, 0.717) is 42.8 Å². The molecule has 39 heavy (non-hydrogen) atoms. The van der Waals surface area contributed by atoms with Crippen LogP contribution in [0.2, 0.25) is 0 Å². The molecule has 0 aliphatic carbocycles. The molecule has 0 radical (unpaired) electrons. The highest BCUT2D eigenvalue weighted by molar-refractivity contribution is 5.86. The van der Waals surface area contributed by atoms with Gasteiger partial charge in [0.1, 0.15) is 6.10 Å². The van der Waals surface area contributed by atoms with Crippen LogP contribution in [0.25, 0.3) is 0 Å². The number of hydrogen-bond donors (Lipinski definition) is 0. The molecular formula is C32H40NO6+. The van der Waals surface area contributed by atoms with Crippen molar-refractivity contribution in [2.45, 2.75) is 81.9 Å². The Morgan fingerprint density at radius 2 is 1.49 bits per heavy atom. The number of carbonyl (C=O) groups is 2. The minimum atomic E-state index is -1.58. The first-order valence-corrected chi connectivity index (χ1v) is 14.7. The SMILES string of the molecule is C[C@H](OC(=O)[C@H]1CCOC1)OC(C(=O)OC1CC2CCC(C1)[N+]21CCCC1)(c1ccccc1)c1ccccc1. The summed E-state index contributed by atoms with van der Waals surface area (Å²) in [5, 5.41) is 0. The first kappa shape index (κ1) is 26.5. The van der Waals surface area contributed by atoms with E-state index in [9.17, 15) is 9.59 Å².